The molecule has 1 aromatic carbocycles. The lowest BCUT2D eigenvalue weighted by atomic mass is 10.1. The lowest BCUT2D eigenvalue weighted by Gasteiger charge is -2.09. The first-order valence-corrected chi connectivity index (χ1v) is 6.01. The van der Waals surface area contributed by atoms with Crippen molar-refractivity contribution in [3.8, 4) is 0 Å². The van der Waals surface area contributed by atoms with Crippen molar-refractivity contribution in [1.82, 2.24) is 4.98 Å². The van der Waals surface area contributed by atoms with Crippen LogP contribution in [0.15, 0.2) is 36.5 Å². The average molecular weight is 289 g/mol. The van der Waals surface area contributed by atoms with Gasteiger partial charge in [0.1, 0.15) is 11.4 Å². The van der Waals surface area contributed by atoms with Crippen LogP contribution in [-0.4, -0.2) is 22.0 Å². The highest BCUT2D eigenvalue weighted by Gasteiger charge is 2.18. The Labute approximate surface area is 119 Å². The number of carboxylic acid groups (broad SMARTS) is 1. The third kappa shape index (κ3) is 3.21. The zero-order chi connectivity index (χ0) is 15.4. The number of hydrogen-bond donors (Lipinski definition) is 3. The fourth-order valence-electron chi connectivity index (χ4n) is 1.77. The Morgan fingerprint density at radius 2 is 2.10 bits per heavy atom. The van der Waals surface area contributed by atoms with Gasteiger partial charge in [-0.2, -0.15) is 0 Å². The summed E-state index contributed by atoms with van der Waals surface area (Å²) < 4.78 is 13.5. The number of benzene rings is 1. The molecule has 108 valence electrons. The van der Waals surface area contributed by atoms with Crippen molar-refractivity contribution < 1.29 is 19.1 Å². The molecule has 0 saturated heterocycles. The van der Waals surface area contributed by atoms with Crippen LogP contribution in [0.2, 0.25) is 0 Å². The van der Waals surface area contributed by atoms with Crippen molar-refractivity contribution in [2.45, 2.75) is 6.54 Å². The van der Waals surface area contributed by atoms with Crippen LogP contribution < -0.4 is 11.1 Å². The van der Waals surface area contributed by atoms with Crippen molar-refractivity contribution in [1.29, 1.82) is 0 Å². The third-order valence-corrected chi connectivity index (χ3v) is 2.76. The summed E-state index contributed by atoms with van der Waals surface area (Å²) in [6.45, 7) is 0.168. The summed E-state index contributed by atoms with van der Waals surface area (Å²) in [4.78, 5) is 27.1. The molecule has 0 aliphatic carbocycles. The standard InChI is InChI=1S/C14H12FN3O3/c15-10-2-1-3-11(12(10)14(20)21)18-13(19)8-4-5-17-9(6-8)7-16/h1-6H,7,16H2,(H,18,19)(H,20,21). The maximum absolute atomic E-state index is 13.5. The largest absolute Gasteiger partial charge is 0.478 e. The first kappa shape index (κ1) is 14.6. The van der Waals surface area contributed by atoms with Crippen molar-refractivity contribution in [3.05, 3.63) is 59.2 Å². The van der Waals surface area contributed by atoms with E-state index >= 15 is 0 Å². The summed E-state index contributed by atoms with van der Waals surface area (Å²) >= 11 is 0. The third-order valence-electron chi connectivity index (χ3n) is 2.76. The summed E-state index contributed by atoms with van der Waals surface area (Å²) in [6.07, 6.45) is 1.42. The highest BCUT2D eigenvalue weighted by Crippen LogP contribution is 2.19. The van der Waals surface area contributed by atoms with Crippen LogP contribution in [0.4, 0.5) is 10.1 Å². The van der Waals surface area contributed by atoms with E-state index in [-0.39, 0.29) is 17.8 Å². The van der Waals surface area contributed by atoms with E-state index in [0.29, 0.717) is 5.69 Å². The molecular formula is C14H12FN3O3. The van der Waals surface area contributed by atoms with E-state index in [0.717, 1.165) is 6.07 Å². The Kier molecular flexibility index (Phi) is 4.24. The summed E-state index contributed by atoms with van der Waals surface area (Å²) in [5, 5.41) is 11.4. The molecule has 0 spiro atoms. The molecule has 0 saturated carbocycles. The van der Waals surface area contributed by atoms with Gasteiger partial charge in [0.15, 0.2) is 0 Å². The first-order chi connectivity index (χ1) is 10.0. The minimum absolute atomic E-state index is 0.112. The first-order valence-electron chi connectivity index (χ1n) is 6.01. The van der Waals surface area contributed by atoms with Gasteiger partial charge in [0, 0.05) is 18.3 Å². The van der Waals surface area contributed by atoms with Gasteiger partial charge in [0.05, 0.1) is 11.4 Å². The maximum atomic E-state index is 13.5. The van der Waals surface area contributed by atoms with Gasteiger partial charge in [-0.05, 0) is 24.3 Å². The van der Waals surface area contributed by atoms with Gasteiger partial charge in [-0.25, -0.2) is 9.18 Å². The highest BCUT2D eigenvalue weighted by atomic mass is 19.1. The topological polar surface area (TPSA) is 105 Å². The molecule has 4 N–H and O–H groups in total. The number of halogens is 1. The lowest BCUT2D eigenvalue weighted by molar-refractivity contribution is 0.0693. The van der Waals surface area contributed by atoms with Crippen LogP contribution in [0, 0.1) is 5.82 Å². The Bertz CT molecular complexity index is 704. The fourth-order valence-corrected chi connectivity index (χ4v) is 1.77. The van der Waals surface area contributed by atoms with Gasteiger partial charge < -0.3 is 16.2 Å². The summed E-state index contributed by atoms with van der Waals surface area (Å²) in [7, 11) is 0. The lowest BCUT2D eigenvalue weighted by Crippen LogP contribution is -2.16. The molecule has 6 nitrogen and oxygen atoms in total. The Morgan fingerprint density at radius 1 is 1.33 bits per heavy atom. The summed E-state index contributed by atoms with van der Waals surface area (Å²) in [6, 6.07) is 6.58. The number of anilines is 1. The molecule has 1 aromatic heterocycles. The van der Waals surface area contributed by atoms with E-state index < -0.39 is 23.3 Å². The zero-order valence-electron chi connectivity index (χ0n) is 10.8. The normalized spacial score (nSPS) is 10.2. The monoisotopic (exact) mass is 289 g/mol. The molecule has 7 heteroatoms. The number of pyridine rings is 1. The van der Waals surface area contributed by atoms with E-state index in [4.69, 9.17) is 10.8 Å². The van der Waals surface area contributed by atoms with Gasteiger partial charge in [-0.15, -0.1) is 0 Å². The molecule has 0 fully saturated rings. The summed E-state index contributed by atoms with van der Waals surface area (Å²) in [5.74, 6) is -2.95. The second kappa shape index (κ2) is 6.10. The number of carbonyl (C=O) groups is 2. The molecule has 0 bridgehead atoms. The number of nitrogens with two attached hydrogens (primary N) is 1. The number of rotatable bonds is 4. The molecule has 1 heterocycles. The van der Waals surface area contributed by atoms with Crippen LogP contribution >= 0.6 is 0 Å². The SMILES string of the molecule is NCc1cc(C(=O)Nc2cccc(F)c2C(=O)O)ccn1. The number of aromatic carboxylic acids is 1. The molecule has 0 atom stereocenters. The van der Waals surface area contributed by atoms with E-state index in [1.54, 1.807) is 0 Å². The molecule has 2 rings (SSSR count). The number of amides is 1. The van der Waals surface area contributed by atoms with E-state index in [2.05, 4.69) is 10.3 Å². The highest BCUT2D eigenvalue weighted by molar-refractivity contribution is 6.07. The second-order valence-corrected chi connectivity index (χ2v) is 4.16. The molecule has 0 aliphatic heterocycles. The molecule has 0 radical (unpaired) electrons. The van der Waals surface area contributed by atoms with Crippen LogP contribution in [0.5, 0.6) is 0 Å². The number of aromatic nitrogens is 1. The van der Waals surface area contributed by atoms with Gasteiger partial charge in [-0.3, -0.25) is 9.78 Å². The molecule has 0 aliphatic rings. The minimum atomic E-state index is -1.46. The predicted octanol–water partition coefficient (Wildman–Crippen LogP) is 1.63. The number of hydrogen-bond acceptors (Lipinski definition) is 4. The van der Waals surface area contributed by atoms with Crippen molar-refractivity contribution in [2.75, 3.05) is 5.32 Å². The van der Waals surface area contributed by atoms with Gasteiger partial charge in [-0.1, -0.05) is 6.07 Å². The minimum Gasteiger partial charge on any atom is -0.478 e. The Hall–Kier alpha value is -2.80. The van der Waals surface area contributed by atoms with Crippen molar-refractivity contribution in [2.24, 2.45) is 5.73 Å². The van der Waals surface area contributed by atoms with Gasteiger partial charge in [0.25, 0.3) is 5.91 Å². The maximum Gasteiger partial charge on any atom is 0.340 e. The molecule has 1 amide bonds. The smallest absolute Gasteiger partial charge is 0.340 e. The fraction of sp³-hybridized carbons (Fsp3) is 0.0714. The molecule has 2 aromatic rings. The number of carboxylic acids is 1. The van der Waals surface area contributed by atoms with Crippen LogP contribution in [0.3, 0.4) is 0 Å². The van der Waals surface area contributed by atoms with Crippen molar-refractivity contribution >= 4 is 17.6 Å². The van der Waals surface area contributed by atoms with Crippen LogP contribution in [0.25, 0.3) is 0 Å². The van der Waals surface area contributed by atoms with Gasteiger partial charge >= 0.3 is 5.97 Å². The predicted molar refractivity (Wildman–Crippen MR) is 73.4 cm³/mol. The molecule has 0 unspecified atom stereocenters. The van der Waals surface area contributed by atoms with E-state index in [1.807, 2.05) is 0 Å². The van der Waals surface area contributed by atoms with E-state index in [1.165, 1.54) is 30.5 Å². The summed E-state index contributed by atoms with van der Waals surface area (Å²) in [5.41, 5.74) is 5.51. The zero-order valence-corrected chi connectivity index (χ0v) is 10.8. The average Bonchev–Trinajstić information content (AvgIpc) is 2.47. The van der Waals surface area contributed by atoms with Crippen LogP contribution in [0.1, 0.15) is 26.4 Å². The Morgan fingerprint density at radius 3 is 2.76 bits per heavy atom. The quantitative estimate of drug-likeness (QED) is 0.793. The molecule has 21 heavy (non-hydrogen) atoms. The number of nitrogens with one attached hydrogen (secondary N) is 1. The van der Waals surface area contributed by atoms with Crippen molar-refractivity contribution in [3.63, 3.8) is 0 Å². The number of nitrogens with zero attached hydrogens (tertiary/aromatic N) is 1. The number of carbonyl (C=O) groups excluding carboxylic acids is 1. The Balaban J connectivity index is 2.31. The van der Waals surface area contributed by atoms with E-state index in [9.17, 15) is 14.0 Å². The molecular weight excluding hydrogens is 277 g/mol. The van der Waals surface area contributed by atoms with Crippen LogP contribution in [-0.2, 0) is 6.54 Å². The van der Waals surface area contributed by atoms with Gasteiger partial charge in [0.2, 0.25) is 0 Å². The second-order valence-electron chi connectivity index (χ2n) is 4.16.